The molecule has 0 saturated heterocycles. The maximum Gasteiger partial charge on any atom is 0.348 e. The number of rotatable bonds is 5. The van der Waals surface area contributed by atoms with Gasteiger partial charge in [0.2, 0.25) is 5.88 Å². The first kappa shape index (κ1) is 21.2. The summed E-state index contributed by atoms with van der Waals surface area (Å²) >= 11 is 1.23. The number of aryl methyl sites for hydroxylation is 1. The average Bonchev–Trinajstić information content (AvgIpc) is 3.04. The fraction of sp³-hybridized carbons (Fsp3) is 0.478. The molecule has 3 rings (SSSR count). The third kappa shape index (κ3) is 6.23. The van der Waals surface area contributed by atoms with Crippen LogP contribution in [0.1, 0.15) is 66.7 Å². The van der Waals surface area contributed by atoms with E-state index in [1.165, 1.54) is 11.3 Å². The van der Waals surface area contributed by atoms with Crippen molar-refractivity contribution in [2.24, 2.45) is 5.41 Å². The molecule has 0 spiro atoms. The molecule has 1 aliphatic rings. The molecule has 6 heteroatoms. The lowest BCUT2D eigenvalue weighted by atomic mass is 9.92. The van der Waals surface area contributed by atoms with Crippen LogP contribution in [0, 0.1) is 24.2 Å². The standard InChI is InChI=1S/C23H28N2O3S/c1-15-6-5-7-20(24-15)28-17-10-8-16(9-11-17)25-19-14-18(12-13-23(2,3)4)29-21(19)22(26)27/h5-7,14,16-17,25H,8-11H2,1-4H3,(H,26,27). The lowest BCUT2D eigenvalue weighted by Crippen LogP contribution is -2.31. The highest BCUT2D eigenvalue weighted by atomic mass is 32.1. The first-order chi connectivity index (χ1) is 13.7. The zero-order valence-electron chi connectivity index (χ0n) is 17.4. The normalized spacial score (nSPS) is 19.2. The highest BCUT2D eigenvalue weighted by Crippen LogP contribution is 2.31. The third-order valence-electron chi connectivity index (χ3n) is 4.67. The zero-order chi connectivity index (χ0) is 21.0. The molecule has 5 nitrogen and oxygen atoms in total. The summed E-state index contributed by atoms with van der Waals surface area (Å²) in [6, 6.07) is 7.90. The topological polar surface area (TPSA) is 71.5 Å². The number of nitrogens with zero attached hydrogens (tertiary/aromatic N) is 1. The predicted molar refractivity (Wildman–Crippen MR) is 117 cm³/mol. The molecule has 1 aliphatic carbocycles. The van der Waals surface area contributed by atoms with E-state index in [1.54, 1.807) is 0 Å². The summed E-state index contributed by atoms with van der Waals surface area (Å²) in [5.41, 5.74) is 1.50. The largest absolute Gasteiger partial charge is 0.477 e. The van der Waals surface area contributed by atoms with Gasteiger partial charge in [-0.05, 0) is 65.5 Å². The van der Waals surface area contributed by atoms with Crippen LogP contribution in [-0.2, 0) is 0 Å². The Bertz CT molecular complexity index is 926. The van der Waals surface area contributed by atoms with Crippen molar-refractivity contribution >= 4 is 23.0 Å². The number of anilines is 1. The van der Waals surface area contributed by atoms with E-state index in [0.29, 0.717) is 16.4 Å². The summed E-state index contributed by atoms with van der Waals surface area (Å²) in [5.74, 6) is 6.05. The summed E-state index contributed by atoms with van der Waals surface area (Å²) in [6.07, 6.45) is 3.83. The molecular weight excluding hydrogens is 384 g/mol. The summed E-state index contributed by atoms with van der Waals surface area (Å²) in [6.45, 7) is 8.07. The van der Waals surface area contributed by atoms with E-state index < -0.39 is 5.97 Å². The van der Waals surface area contributed by atoms with E-state index in [1.807, 2.05) is 52.0 Å². The molecule has 2 N–H and O–H groups in total. The Kier molecular flexibility index (Phi) is 6.49. The zero-order valence-corrected chi connectivity index (χ0v) is 18.2. The maximum atomic E-state index is 11.7. The van der Waals surface area contributed by atoms with Gasteiger partial charge in [0, 0.05) is 23.2 Å². The number of carbonyl (C=O) groups is 1. The van der Waals surface area contributed by atoms with Crippen molar-refractivity contribution < 1.29 is 14.6 Å². The van der Waals surface area contributed by atoms with Gasteiger partial charge in [-0.25, -0.2) is 9.78 Å². The number of pyridine rings is 1. The number of nitrogens with one attached hydrogen (secondary N) is 1. The summed E-state index contributed by atoms with van der Waals surface area (Å²) in [7, 11) is 0. The second-order valence-corrected chi connectivity index (χ2v) is 9.56. The molecule has 0 aliphatic heterocycles. The summed E-state index contributed by atoms with van der Waals surface area (Å²) < 4.78 is 6.02. The molecule has 0 radical (unpaired) electrons. The number of ether oxygens (including phenoxy) is 1. The van der Waals surface area contributed by atoms with Crippen molar-refractivity contribution in [3.63, 3.8) is 0 Å². The van der Waals surface area contributed by atoms with Gasteiger partial charge in [0.15, 0.2) is 0 Å². The highest BCUT2D eigenvalue weighted by molar-refractivity contribution is 7.15. The molecule has 1 saturated carbocycles. The SMILES string of the molecule is Cc1cccc(OC2CCC(Nc3cc(C#CC(C)(C)C)sc3C(=O)O)CC2)n1. The molecule has 0 bridgehead atoms. The third-order valence-corrected chi connectivity index (χ3v) is 5.71. The Balaban J connectivity index is 1.61. The van der Waals surface area contributed by atoms with E-state index in [4.69, 9.17) is 4.74 Å². The first-order valence-electron chi connectivity index (χ1n) is 9.97. The molecule has 0 amide bonds. The monoisotopic (exact) mass is 412 g/mol. The van der Waals surface area contributed by atoms with Crippen LogP contribution in [0.25, 0.3) is 0 Å². The molecule has 0 aromatic carbocycles. The fourth-order valence-corrected chi connectivity index (χ4v) is 4.08. The second kappa shape index (κ2) is 8.87. The van der Waals surface area contributed by atoms with E-state index in [2.05, 4.69) is 22.1 Å². The number of thiophene rings is 1. The Morgan fingerprint density at radius 1 is 1.28 bits per heavy atom. The van der Waals surface area contributed by atoms with Crippen molar-refractivity contribution in [2.75, 3.05) is 5.32 Å². The minimum absolute atomic E-state index is 0.120. The van der Waals surface area contributed by atoms with Crippen molar-refractivity contribution in [1.82, 2.24) is 4.98 Å². The van der Waals surface area contributed by atoms with Crippen LogP contribution < -0.4 is 10.1 Å². The number of hydrogen-bond donors (Lipinski definition) is 2. The number of hydrogen-bond acceptors (Lipinski definition) is 5. The second-order valence-electron chi connectivity index (χ2n) is 8.51. The Morgan fingerprint density at radius 2 is 2.00 bits per heavy atom. The molecular formula is C23H28N2O3S. The van der Waals surface area contributed by atoms with Crippen LogP contribution >= 0.6 is 11.3 Å². The minimum Gasteiger partial charge on any atom is -0.477 e. The van der Waals surface area contributed by atoms with Gasteiger partial charge < -0.3 is 15.2 Å². The molecule has 2 aromatic heterocycles. The van der Waals surface area contributed by atoms with Gasteiger partial charge >= 0.3 is 5.97 Å². The van der Waals surface area contributed by atoms with E-state index in [0.717, 1.165) is 36.3 Å². The minimum atomic E-state index is -0.913. The quantitative estimate of drug-likeness (QED) is 0.648. The van der Waals surface area contributed by atoms with Gasteiger partial charge in [-0.1, -0.05) is 17.9 Å². The molecule has 2 aromatic rings. The van der Waals surface area contributed by atoms with Crippen LogP contribution in [0.3, 0.4) is 0 Å². The molecule has 1 fully saturated rings. The molecule has 2 heterocycles. The van der Waals surface area contributed by atoms with Crippen molar-refractivity contribution in [3.8, 4) is 17.7 Å². The summed E-state index contributed by atoms with van der Waals surface area (Å²) in [5, 5.41) is 13.0. The number of carboxylic acids is 1. The summed E-state index contributed by atoms with van der Waals surface area (Å²) in [4.78, 5) is 17.2. The molecule has 29 heavy (non-hydrogen) atoms. The lowest BCUT2D eigenvalue weighted by Gasteiger charge is -2.29. The maximum absolute atomic E-state index is 11.7. The van der Waals surface area contributed by atoms with Crippen LogP contribution in [0.5, 0.6) is 5.88 Å². The Morgan fingerprint density at radius 3 is 2.62 bits per heavy atom. The van der Waals surface area contributed by atoms with Gasteiger partial charge in [0.1, 0.15) is 11.0 Å². The number of carboxylic acid groups (broad SMARTS) is 1. The van der Waals surface area contributed by atoms with E-state index in [-0.39, 0.29) is 17.6 Å². The van der Waals surface area contributed by atoms with Crippen LogP contribution in [-0.4, -0.2) is 28.2 Å². The smallest absolute Gasteiger partial charge is 0.348 e. The number of aromatic nitrogens is 1. The Labute approximate surface area is 176 Å². The molecule has 0 unspecified atom stereocenters. The number of aromatic carboxylic acids is 1. The van der Waals surface area contributed by atoms with Crippen LogP contribution in [0.2, 0.25) is 0 Å². The van der Waals surface area contributed by atoms with Crippen LogP contribution in [0.15, 0.2) is 24.3 Å². The Hall–Kier alpha value is -2.52. The van der Waals surface area contributed by atoms with Gasteiger partial charge in [-0.2, -0.15) is 0 Å². The molecule has 0 atom stereocenters. The first-order valence-corrected chi connectivity index (χ1v) is 10.8. The average molecular weight is 413 g/mol. The van der Waals surface area contributed by atoms with Gasteiger partial charge in [0.25, 0.3) is 0 Å². The highest BCUT2D eigenvalue weighted by Gasteiger charge is 2.25. The van der Waals surface area contributed by atoms with Crippen molar-refractivity contribution in [1.29, 1.82) is 0 Å². The lowest BCUT2D eigenvalue weighted by molar-refractivity contribution is 0.0703. The molecule has 154 valence electrons. The van der Waals surface area contributed by atoms with Gasteiger partial charge in [-0.15, -0.1) is 11.3 Å². The van der Waals surface area contributed by atoms with Gasteiger partial charge in [0.05, 0.1) is 10.6 Å². The van der Waals surface area contributed by atoms with E-state index in [9.17, 15) is 9.90 Å². The van der Waals surface area contributed by atoms with E-state index >= 15 is 0 Å². The van der Waals surface area contributed by atoms with Crippen molar-refractivity contribution in [2.45, 2.75) is 65.5 Å². The van der Waals surface area contributed by atoms with Crippen LogP contribution in [0.4, 0.5) is 5.69 Å². The van der Waals surface area contributed by atoms with Gasteiger partial charge in [-0.3, -0.25) is 0 Å². The fourth-order valence-electron chi connectivity index (χ4n) is 3.27. The predicted octanol–water partition coefficient (Wildman–Crippen LogP) is 5.35. The van der Waals surface area contributed by atoms with Crippen molar-refractivity contribution in [3.05, 3.63) is 39.7 Å².